The van der Waals surface area contributed by atoms with Gasteiger partial charge in [-0.1, -0.05) is 54.1 Å². The maximum Gasteiger partial charge on any atom is 0.325 e. The number of imide groups is 1. The van der Waals surface area contributed by atoms with Crippen LogP contribution in [-0.2, 0) is 17.9 Å². The van der Waals surface area contributed by atoms with Crippen LogP contribution in [0, 0.1) is 0 Å². The third kappa shape index (κ3) is 3.56. The van der Waals surface area contributed by atoms with Gasteiger partial charge in [-0.2, -0.15) is 0 Å². The lowest BCUT2D eigenvalue weighted by Crippen LogP contribution is -2.54. The summed E-state index contributed by atoms with van der Waals surface area (Å²) in [4.78, 5) is 29.9. The number of amides is 3. The number of benzene rings is 3. The second-order valence-electron chi connectivity index (χ2n) is 9.11. The van der Waals surface area contributed by atoms with Gasteiger partial charge in [0.1, 0.15) is 5.54 Å². The number of hydrogen-bond donors (Lipinski definition) is 1. The van der Waals surface area contributed by atoms with E-state index in [2.05, 4.69) is 10.2 Å². The van der Waals surface area contributed by atoms with Crippen molar-refractivity contribution >= 4 is 34.3 Å². The minimum absolute atomic E-state index is 0.133. The number of urea groups is 1. The van der Waals surface area contributed by atoms with E-state index >= 15 is 0 Å². The van der Waals surface area contributed by atoms with Crippen molar-refractivity contribution in [2.75, 3.05) is 19.9 Å². The molecule has 0 aromatic heterocycles. The Morgan fingerprint density at radius 1 is 0.912 bits per heavy atom. The molecule has 7 nitrogen and oxygen atoms in total. The lowest BCUT2D eigenvalue weighted by Gasteiger charge is -2.37. The summed E-state index contributed by atoms with van der Waals surface area (Å²) < 4.78 is 10.9. The molecule has 3 aromatic rings. The van der Waals surface area contributed by atoms with Crippen molar-refractivity contribution < 1.29 is 19.1 Å². The molecule has 3 aromatic carbocycles. The Balaban J connectivity index is 1.15. The zero-order valence-electron chi connectivity index (χ0n) is 18.6. The predicted molar refractivity (Wildman–Crippen MR) is 128 cm³/mol. The number of fused-ring (bicyclic) bond motifs is 2. The molecular formula is C26H24ClN3O4. The summed E-state index contributed by atoms with van der Waals surface area (Å²) >= 11 is 6.45. The van der Waals surface area contributed by atoms with Gasteiger partial charge in [0.05, 0.1) is 6.54 Å². The molecule has 1 spiro atoms. The van der Waals surface area contributed by atoms with Crippen molar-refractivity contribution in [3.8, 4) is 11.5 Å². The number of ether oxygens (including phenoxy) is 2. The molecule has 3 aliphatic rings. The summed E-state index contributed by atoms with van der Waals surface area (Å²) in [5, 5.41) is 5.80. The Morgan fingerprint density at radius 3 is 2.47 bits per heavy atom. The molecule has 8 heteroatoms. The van der Waals surface area contributed by atoms with Crippen LogP contribution in [0.1, 0.15) is 24.0 Å². The third-order valence-corrected chi connectivity index (χ3v) is 7.45. The fraction of sp³-hybridized carbons (Fsp3) is 0.308. The average molecular weight is 478 g/mol. The minimum atomic E-state index is -0.836. The number of nitrogens with zero attached hydrogens (tertiary/aromatic N) is 2. The van der Waals surface area contributed by atoms with E-state index in [1.165, 1.54) is 4.90 Å². The Labute approximate surface area is 202 Å². The van der Waals surface area contributed by atoms with Crippen molar-refractivity contribution in [3.05, 3.63) is 70.7 Å². The van der Waals surface area contributed by atoms with E-state index < -0.39 is 5.54 Å². The second-order valence-corrected chi connectivity index (χ2v) is 9.52. The zero-order chi connectivity index (χ0) is 23.3. The highest BCUT2D eigenvalue weighted by Gasteiger charge is 2.52. The smallest absolute Gasteiger partial charge is 0.325 e. The van der Waals surface area contributed by atoms with Gasteiger partial charge in [-0.3, -0.25) is 14.6 Å². The van der Waals surface area contributed by atoms with Gasteiger partial charge in [-0.05, 0) is 40.8 Å². The average Bonchev–Trinajstić information content (AvgIpc) is 3.38. The molecular weight excluding hydrogens is 454 g/mol. The maximum atomic E-state index is 13.5. The van der Waals surface area contributed by atoms with Crippen molar-refractivity contribution in [2.24, 2.45) is 0 Å². The maximum absolute atomic E-state index is 13.5. The van der Waals surface area contributed by atoms with E-state index in [-0.39, 0.29) is 25.3 Å². The third-order valence-electron chi connectivity index (χ3n) is 7.10. The number of halogens is 1. The Bertz CT molecular complexity index is 1300. The van der Waals surface area contributed by atoms with Gasteiger partial charge in [0.15, 0.2) is 11.5 Å². The molecule has 0 atom stereocenters. The van der Waals surface area contributed by atoms with E-state index in [0.29, 0.717) is 49.0 Å². The van der Waals surface area contributed by atoms with Crippen molar-refractivity contribution in [1.29, 1.82) is 0 Å². The second kappa shape index (κ2) is 8.18. The van der Waals surface area contributed by atoms with Crippen LogP contribution in [0.3, 0.4) is 0 Å². The monoisotopic (exact) mass is 477 g/mol. The highest BCUT2D eigenvalue weighted by molar-refractivity contribution is 6.31. The standard InChI is InChI=1S/C26H24ClN3O4/c27-21-13-23-22(33-16-34-23)12-19(21)14-29-10-8-26(9-11-29)24(31)30(25(32)28-26)15-18-6-3-5-17-4-1-2-7-20(17)18/h1-7,12-13H,8-11,14-16H2,(H,28,32). The fourth-order valence-electron chi connectivity index (χ4n) is 5.17. The molecule has 0 unspecified atom stereocenters. The summed E-state index contributed by atoms with van der Waals surface area (Å²) in [7, 11) is 0. The van der Waals surface area contributed by atoms with Crippen molar-refractivity contribution in [3.63, 3.8) is 0 Å². The van der Waals surface area contributed by atoms with Crippen LogP contribution >= 0.6 is 11.6 Å². The number of nitrogens with one attached hydrogen (secondary N) is 1. The summed E-state index contributed by atoms with van der Waals surface area (Å²) in [5.41, 5.74) is 1.09. The fourth-order valence-corrected chi connectivity index (χ4v) is 5.39. The van der Waals surface area contributed by atoms with Gasteiger partial charge in [0.25, 0.3) is 5.91 Å². The number of rotatable bonds is 4. The normalized spacial score (nSPS) is 19.3. The van der Waals surface area contributed by atoms with E-state index in [9.17, 15) is 9.59 Å². The molecule has 6 rings (SSSR count). The van der Waals surface area contributed by atoms with Crippen molar-refractivity contribution in [2.45, 2.75) is 31.5 Å². The van der Waals surface area contributed by atoms with Crippen LogP contribution in [0.4, 0.5) is 4.79 Å². The van der Waals surface area contributed by atoms with E-state index in [0.717, 1.165) is 21.9 Å². The lowest BCUT2D eigenvalue weighted by atomic mass is 9.87. The van der Waals surface area contributed by atoms with E-state index in [1.807, 2.05) is 48.5 Å². The summed E-state index contributed by atoms with van der Waals surface area (Å²) in [6.45, 7) is 2.48. The molecule has 0 saturated carbocycles. The number of hydrogen-bond acceptors (Lipinski definition) is 5. The molecule has 1 N–H and O–H groups in total. The number of likely N-dealkylation sites (tertiary alicyclic amines) is 1. The Kier molecular flexibility index (Phi) is 5.12. The van der Waals surface area contributed by atoms with Gasteiger partial charge in [0, 0.05) is 30.7 Å². The van der Waals surface area contributed by atoms with Gasteiger partial charge in [-0.15, -0.1) is 0 Å². The van der Waals surface area contributed by atoms with Gasteiger partial charge < -0.3 is 14.8 Å². The van der Waals surface area contributed by atoms with E-state index in [1.54, 1.807) is 6.07 Å². The van der Waals surface area contributed by atoms with Gasteiger partial charge >= 0.3 is 6.03 Å². The first kappa shape index (κ1) is 21.3. The predicted octanol–water partition coefficient (Wildman–Crippen LogP) is 4.31. The molecule has 3 aliphatic heterocycles. The van der Waals surface area contributed by atoms with Crippen LogP contribution in [0.2, 0.25) is 5.02 Å². The number of carbonyl (C=O) groups excluding carboxylic acids is 2. The van der Waals surface area contributed by atoms with E-state index in [4.69, 9.17) is 21.1 Å². The molecule has 2 fully saturated rings. The number of piperidine rings is 1. The molecule has 174 valence electrons. The van der Waals surface area contributed by atoms with Crippen LogP contribution < -0.4 is 14.8 Å². The van der Waals surface area contributed by atoms with Gasteiger partial charge in [-0.25, -0.2) is 4.79 Å². The quantitative estimate of drug-likeness (QED) is 0.567. The number of carbonyl (C=O) groups is 2. The Hall–Kier alpha value is -3.29. The topological polar surface area (TPSA) is 71.1 Å². The molecule has 34 heavy (non-hydrogen) atoms. The summed E-state index contributed by atoms with van der Waals surface area (Å²) in [5.74, 6) is 1.23. The minimum Gasteiger partial charge on any atom is -0.454 e. The molecule has 3 heterocycles. The summed E-state index contributed by atoms with van der Waals surface area (Å²) in [6.07, 6.45) is 1.12. The Morgan fingerprint density at radius 2 is 1.65 bits per heavy atom. The van der Waals surface area contributed by atoms with Crippen LogP contribution in [0.5, 0.6) is 11.5 Å². The highest BCUT2D eigenvalue weighted by Crippen LogP contribution is 2.38. The molecule has 3 amide bonds. The first-order chi connectivity index (χ1) is 16.5. The van der Waals surface area contributed by atoms with Crippen molar-refractivity contribution in [1.82, 2.24) is 15.1 Å². The largest absolute Gasteiger partial charge is 0.454 e. The molecule has 0 bridgehead atoms. The van der Waals surface area contributed by atoms with Crippen LogP contribution in [-0.4, -0.2) is 47.2 Å². The zero-order valence-corrected chi connectivity index (χ0v) is 19.3. The first-order valence-electron chi connectivity index (χ1n) is 11.4. The summed E-state index contributed by atoms with van der Waals surface area (Å²) in [6, 6.07) is 17.4. The van der Waals surface area contributed by atoms with Crippen LogP contribution in [0.25, 0.3) is 10.8 Å². The molecule has 0 radical (unpaired) electrons. The highest BCUT2D eigenvalue weighted by atomic mass is 35.5. The first-order valence-corrected chi connectivity index (χ1v) is 11.8. The van der Waals surface area contributed by atoms with Gasteiger partial charge in [0.2, 0.25) is 6.79 Å². The SMILES string of the molecule is O=C1NC2(CCN(Cc3cc4c(cc3Cl)OCO4)CC2)C(=O)N1Cc1cccc2ccccc12. The van der Waals surface area contributed by atoms with Crippen LogP contribution in [0.15, 0.2) is 54.6 Å². The lowest BCUT2D eigenvalue weighted by molar-refractivity contribution is -0.133. The molecule has 2 saturated heterocycles. The molecule has 0 aliphatic carbocycles.